The topological polar surface area (TPSA) is 164 Å². The summed E-state index contributed by atoms with van der Waals surface area (Å²) in [5, 5.41) is 34.6. The Balaban J connectivity index is 0. The van der Waals surface area contributed by atoms with Crippen LogP contribution in [-0.4, -0.2) is 38.8 Å². The Morgan fingerprint density at radius 3 is 2.16 bits per heavy atom. The number of nitrogens with zero attached hydrogens (tertiary/aromatic N) is 1. The summed E-state index contributed by atoms with van der Waals surface area (Å²) in [6.45, 7) is 1.93. The zero-order chi connectivity index (χ0) is 24.0. The minimum Gasteiger partial charge on any atom is -0.481 e. The van der Waals surface area contributed by atoms with Crippen LogP contribution in [0.15, 0.2) is 42.5 Å². The third kappa shape index (κ3) is 12.6. The second kappa shape index (κ2) is 15.9. The SMILES string of the molecule is C.CCO.Nc1cc(CCC(=O)O)ccc1F.O=C(O)/C=C/c1ccc(F)c([N+](=O)[O-])c1. The van der Waals surface area contributed by atoms with Crippen molar-refractivity contribution in [2.24, 2.45) is 0 Å². The summed E-state index contributed by atoms with van der Waals surface area (Å²) in [7, 11) is 0. The number of nitro groups is 1. The van der Waals surface area contributed by atoms with E-state index in [2.05, 4.69) is 0 Å². The van der Waals surface area contributed by atoms with Crippen LogP contribution in [0.4, 0.5) is 20.2 Å². The van der Waals surface area contributed by atoms with Crippen LogP contribution in [0.3, 0.4) is 0 Å². The quantitative estimate of drug-likeness (QED) is 0.220. The lowest BCUT2D eigenvalue weighted by molar-refractivity contribution is -0.387. The molecule has 0 saturated heterocycles. The van der Waals surface area contributed by atoms with E-state index in [4.69, 9.17) is 21.1 Å². The van der Waals surface area contributed by atoms with E-state index in [0.717, 1.165) is 29.8 Å². The maximum absolute atomic E-state index is 12.8. The molecule has 0 atom stereocenters. The molecule has 176 valence electrons. The molecular formula is C21H26F2N2O7. The summed E-state index contributed by atoms with van der Waals surface area (Å²) >= 11 is 0. The summed E-state index contributed by atoms with van der Waals surface area (Å²) in [6, 6.07) is 7.37. The molecule has 0 fully saturated rings. The molecule has 0 aliphatic carbocycles. The second-order valence-electron chi connectivity index (χ2n) is 5.71. The van der Waals surface area contributed by atoms with Gasteiger partial charge in [-0.05, 0) is 48.7 Å². The van der Waals surface area contributed by atoms with Crippen molar-refractivity contribution < 1.29 is 38.6 Å². The highest BCUT2D eigenvalue weighted by Gasteiger charge is 2.13. The van der Waals surface area contributed by atoms with E-state index in [0.29, 0.717) is 6.42 Å². The van der Waals surface area contributed by atoms with Gasteiger partial charge in [-0.3, -0.25) is 14.9 Å². The minimum absolute atomic E-state index is 0. The van der Waals surface area contributed by atoms with Gasteiger partial charge in [0.15, 0.2) is 0 Å². The summed E-state index contributed by atoms with van der Waals surface area (Å²) in [5.74, 6) is -3.48. The molecule has 11 heteroatoms. The largest absolute Gasteiger partial charge is 0.481 e. The van der Waals surface area contributed by atoms with Gasteiger partial charge >= 0.3 is 17.6 Å². The Kier molecular flexibility index (Phi) is 15.1. The highest BCUT2D eigenvalue weighted by molar-refractivity contribution is 5.85. The van der Waals surface area contributed by atoms with Gasteiger partial charge in [-0.15, -0.1) is 0 Å². The van der Waals surface area contributed by atoms with Crippen molar-refractivity contribution >= 4 is 29.4 Å². The molecule has 0 aromatic heterocycles. The van der Waals surface area contributed by atoms with Crippen LogP contribution in [0, 0.1) is 21.7 Å². The van der Waals surface area contributed by atoms with Crippen molar-refractivity contribution in [3.8, 4) is 0 Å². The number of carboxylic acids is 2. The van der Waals surface area contributed by atoms with Crippen molar-refractivity contribution in [1.82, 2.24) is 0 Å². The first kappa shape index (κ1) is 30.3. The summed E-state index contributed by atoms with van der Waals surface area (Å²) in [6.07, 6.45) is 2.37. The highest BCUT2D eigenvalue weighted by atomic mass is 19.1. The maximum atomic E-state index is 12.8. The number of hydrogen-bond acceptors (Lipinski definition) is 6. The molecule has 0 radical (unpaired) electrons. The number of nitro benzene ring substituents is 1. The van der Waals surface area contributed by atoms with Crippen molar-refractivity contribution in [3.63, 3.8) is 0 Å². The Labute approximate surface area is 183 Å². The first-order valence-electron chi connectivity index (χ1n) is 8.73. The third-order valence-electron chi connectivity index (χ3n) is 3.27. The molecule has 0 unspecified atom stereocenters. The van der Waals surface area contributed by atoms with Gasteiger partial charge in [0.1, 0.15) is 5.82 Å². The average molecular weight is 456 g/mol. The molecule has 0 aliphatic heterocycles. The number of carboxylic acid groups (broad SMARTS) is 2. The molecule has 2 aromatic rings. The smallest absolute Gasteiger partial charge is 0.328 e. The number of hydrogen-bond donors (Lipinski definition) is 4. The number of aliphatic carboxylic acids is 2. The van der Waals surface area contributed by atoms with Crippen LogP contribution < -0.4 is 5.73 Å². The molecule has 2 aromatic carbocycles. The molecule has 0 aliphatic rings. The number of aliphatic hydroxyl groups excluding tert-OH is 1. The average Bonchev–Trinajstić information content (AvgIpc) is 2.69. The zero-order valence-electron chi connectivity index (χ0n) is 16.5. The number of benzene rings is 2. The highest BCUT2D eigenvalue weighted by Crippen LogP contribution is 2.19. The van der Waals surface area contributed by atoms with Gasteiger partial charge in [0.25, 0.3) is 0 Å². The molecule has 0 spiro atoms. The number of halogens is 2. The summed E-state index contributed by atoms with van der Waals surface area (Å²) < 4.78 is 25.5. The maximum Gasteiger partial charge on any atom is 0.328 e. The lowest BCUT2D eigenvalue weighted by Crippen LogP contribution is -1.99. The number of carbonyl (C=O) groups is 2. The number of rotatable bonds is 6. The fraction of sp³-hybridized carbons (Fsp3) is 0.238. The predicted molar refractivity (Wildman–Crippen MR) is 116 cm³/mol. The van der Waals surface area contributed by atoms with Crippen LogP contribution in [0.1, 0.15) is 31.9 Å². The molecule has 32 heavy (non-hydrogen) atoms. The Morgan fingerprint density at radius 2 is 1.69 bits per heavy atom. The van der Waals surface area contributed by atoms with Crippen LogP contribution >= 0.6 is 0 Å². The monoisotopic (exact) mass is 456 g/mol. The van der Waals surface area contributed by atoms with Gasteiger partial charge in [0, 0.05) is 25.2 Å². The van der Waals surface area contributed by atoms with Gasteiger partial charge in [0.2, 0.25) is 5.82 Å². The number of anilines is 1. The Hall–Kier alpha value is -3.86. The first-order valence-corrected chi connectivity index (χ1v) is 8.73. The van der Waals surface area contributed by atoms with E-state index >= 15 is 0 Å². The molecule has 2 rings (SSSR count). The van der Waals surface area contributed by atoms with E-state index in [-0.39, 0.29) is 31.7 Å². The molecule has 0 bridgehead atoms. The first-order chi connectivity index (χ1) is 14.5. The van der Waals surface area contributed by atoms with Crippen molar-refractivity contribution in [1.29, 1.82) is 0 Å². The number of aryl methyl sites for hydroxylation is 1. The van der Waals surface area contributed by atoms with Gasteiger partial charge in [-0.2, -0.15) is 4.39 Å². The minimum atomic E-state index is -1.18. The number of nitrogens with two attached hydrogens (primary N) is 1. The molecular weight excluding hydrogens is 430 g/mol. The van der Waals surface area contributed by atoms with Crippen molar-refractivity contribution in [3.05, 3.63) is 75.3 Å². The third-order valence-corrected chi connectivity index (χ3v) is 3.27. The van der Waals surface area contributed by atoms with E-state index in [9.17, 15) is 28.5 Å². The van der Waals surface area contributed by atoms with Crippen LogP contribution in [-0.2, 0) is 16.0 Å². The second-order valence-corrected chi connectivity index (χ2v) is 5.71. The zero-order valence-corrected chi connectivity index (χ0v) is 16.5. The van der Waals surface area contributed by atoms with Crippen LogP contribution in [0.5, 0.6) is 0 Å². The standard InChI is InChI=1S/C9H6FNO4.C9H10FNO2.C2H6O.CH4/c10-7-3-1-6(2-4-9(12)13)5-8(7)11(14)15;10-7-3-1-6(5-8(7)11)2-4-9(12)13;1-2-3;/h1-5H,(H,12,13);1,3,5H,2,4,11H2,(H,12,13);3H,2H2,1H3;1H4/b4-2+;;;. The van der Waals surface area contributed by atoms with Crippen molar-refractivity contribution in [2.75, 3.05) is 12.3 Å². The fourth-order valence-electron chi connectivity index (χ4n) is 1.94. The molecule has 0 heterocycles. The molecule has 0 amide bonds. The molecule has 9 nitrogen and oxygen atoms in total. The van der Waals surface area contributed by atoms with E-state index < -0.39 is 34.2 Å². The molecule has 0 saturated carbocycles. The summed E-state index contributed by atoms with van der Waals surface area (Å²) in [5.41, 5.74) is 5.68. The lowest BCUT2D eigenvalue weighted by Gasteiger charge is -2.00. The number of nitrogen functional groups attached to an aromatic ring is 1. The van der Waals surface area contributed by atoms with E-state index in [1.165, 1.54) is 24.3 Å². The Bertz CT molecular complexity index is 934. The van der Waals surface area contributed by atoms with E-state index in [1.807, 2.05) is 0 Å². The van der Waals surface area contributed by atoms with Gasteiger partial charge in [0.05, 0.1) is 10.6 Å². The Morgan fingerprint density at radius 1 is 1.12 bits per heavy atom. The van der Waals surface area contributed by atoms with E-state index in [1.54, 1.807) is 6.92 Å². The van der Waals surface area contributed by atoms with Gasteiger partial charge in [-0.25, -0.2) is 9.18 Å². The predicted octanol–water partition coefficient (Wildman–Crippen LogP) is 3.89. The number of aliphatic hydroxyl groups is 1. The normalized spacial score (nSPS) is 9.50. The van der Waals surface area contributed by atoms with Gasteiger partial charge < -0.3 is 21.1 Å². The van der Waals surface area contributed by atoms with Crippen LogP contribution in [0.2, 0.25) is 0 Å². The summed E-state index contributed by atoms with van der Waals surface area (Å²) in [4.78, 5) is 29.9. The van der Waals surface area contributed by atoms with Gasteiger partial charge in [-0.1, -0.05) is 19.6 Å². The van der Waals surface area contributed by atoms with Crippen LogP contribution in [0.25, 0.3) is 6.08 Å². The molecule has 5 N–H and O–H groups in total. The lowest BCUT2D eigenvalue weighted by atomic mass is 10.1. The fourth-order valence-corrected chi connectivity index (χ4v) is 1.94. The van der Waals surface area contributed by atoms with Crippen molar-refractivity contribution in [2.45, 2.75) is 27.2 Å².